The predicted octanol–water partition coefficient (Wildman–Crippen LogP) is 2.47. The van der Waals surface area contributed by atoms with Gasteiger partial charge < -0.3 is 4.57 Å². The molecule has 0 aliphatic heterocycles. The third kappa shape index (κ3) is 2.97. The number of aromatic nitrogens is 3. The summed E-state index contributed by atoms with van der Waals surface area (Å²) < 4.78 is 2.06. The van der Waals surface area contributed by atoms with E-state index >= 15 is 0 Å². The van der Waals surface area contributed by atoms with Gasteiger partial charge in [-0.05, 0) is 23.2 Å². The molecule has 0 fully saturated rings. The summed E-state index contributed by atoms with van der Waals surface area (Å²) in [5.41, 5.74) is 2.06. The van der Waals surface area contributed by atoms with Gasteiger partial charge >= 0.3 is 0 Å². The standard InChI is InChI=1S/C17H20N3OP/c1-11(2)7-15-13-9-20(10-14(13)17(21)19-18-15)8-12-5-3-4-6-16(12)22/h3-6,9-11H,7-8,22H2,1-2H3,(H,19,21). The van der Waals surface area contributed by atoms with Gasteiger partial charge in [0.25, 0.3) is 5.56 Å². The van der Waals surface area contributed by atoms with Crippen LogP contribution in [0.5, 0.6) is 0 Å². The summed E-state index contributed by atoms with van der Waals surface area (Å²) in [6.45, 7) is 5.05. The zero-order valence-corrected chi connectivity index (χ0v) is 14.0. The molecule has 0 aliphatic carbocycles. The molecular weight excluding hydrogens is 293 g/mol. The lowest BCUT2D eigenvalue weighted by molar-refractivity contribution is 0.631. The van der Waals surface area contributed by atoms with Crippen molar-refractivity contribution in [3.05, 3.63) is 58.3 Å². The number of nitrogens with zero attached hydrogens (tertiary/aromatic N) is 2. The Morgan fingerprint density at radius 3 is 2.68 bits per heavy atom. The summed E-state index contributed by atoms with van der Waals surface area (Å²) >= 11 is 0. The van der Waals surface area contributed by atoms with Crippen LogP contribution < -0.4 is 10.9 Å². The summed E-state index contributed by atoms with van der Waals surface area (Å²) in [6, 6.07) is 8.23. The lowest BCUT2D eigenvalue weighted by atomic mass is 10.1. The van der Waals surface area contributed by atoms with Crippen LogP contribution in [0.25, 0.3) is 10.8 Å². The monoisotopic (exact) mass is 313 g/mol. The summed E-state index contributed by atoms with van der Waals surface area (Å²) in [4.78, 5) is 12.0. The molecule has 0 saturated carbocycles. The van der Waals surface area contributed by atoms with E-state index in [-0.39, 0.29) is 5.56 Å². The maximum absolute atomic E-state index is 12.0. The molecule has 3 aromatic rings. The Hall–Kier alpha value is -1.93. The van der Waals surface area contributed by atoms with Gasteiger partial charge in [-0.1, -0.05) is 38.1 Å². The molecule has 0 aliphatic rings. The molecule has 114 valence electrons. The first-order valence-electron chi connectivity index (χ1n) is 7.45. The second-order valence-electron chi connectivity index (χ2n) is 6.05. The van der Waals surface area contributed by atoms with Gasteiger partial charge in [-0.25, -0.2) is 5.10 Å². The van der Waals surface area contributed by atoms with E-state index in [9.17, 15) is 4.79 Å². The summed E-state index contributed by atoms with van der Waals surface area (Å²) in [5.74, 6) is 0.498. The highest BCUT2D eigenvalue weighted by Crippen LogP contribution is 2.18. The summed E-state index contributed by atoms with van der Waals surface area (Å²) in [7, 11) is 2.76. The number of benzene rings is 1. The normalized spacial score (nSPS) is 11.5. The SMILES string of the molecule is CC(C)Cc1n[nH]c(=O)c2cn(Cc3ccccc3P)cc12. The molecule has 0 amide bonds. The minimum atomic E-state index is -0.125. The zero-order valence-electron chi connectivity index (χ0n) is 12.8. The first kappa shape index (κ1) is 15.0. The van der Waals surface area contributed by atoms with Gasteiger partial charge in [0.15, 0.2) is 0 Å². The molecule has 0 saturated heterocycles. The molecule has 0 bridgehead atoms. The van der Waals surface area contributed by atoms with Crippen molar-refractivity contribution in [3.63, 3.8) is 0 Å². The molecular formula is C17H20N3OP. The molecule has 2 aromatic heterocycles. The Morgan fingerprint density at radius 2 is 1.95 bits per heavy atom. The van der Waals surface area contributed by atoms with Crippen LogP contribution in [-0.2, 0) is 13.0 Å². The minimum Gasteiger partial charge on any atom is -0.348 e. The minimum absolute atomic E-state index is 0.125. The van der Waals surface area contributed by atoms with Crippen molar-refractivity contribution < 1.29 is 0 Å². The predicted molar refractivity (Wildman–Crippen MR) is 93.8 cm³/mol. The van der Waals surface area contributed by atoms with Crippen molar-refractivity contribution >= 4 is 25.3 Å². The molecule has 0 radical (unpaired) electrons. The fourth-order valence-corrected chi connectivity index (χ4v) is 2.96. The Balaban J connectivity index is 2.04. The Labute approximate surface area is 131 Å². The highest BCUT2D eigenvalue weighted by Gasteiger charge is 2.11. The maximum Gasteiger partial charge on any atom is 0.273 e. The van der Waals surface area contributed by atoms with Crippen molar-refractivity contribution in [3.8, 4) is 0 Å². The van der Waals surface area contributed by atoms with Crippen LogP contribution >= 0.6 is 9.24 Å². The molecule has 3 rings (SSSR count). The van der Waals surface area contributed by atoms with Gasteiger partial charge in [-0.15, -0.1) is 9.24 Å². The van der Waals surface area contributed by atoms with Gasteiger partial charge in [-0.2, -0.15) is 5.10 Å². The van der Waals surface area contributed by atoms with Crippen molar-refractivity contribution in [2.75, 3.05) is 0 Å². The highest BCUT2D eigenvalue weighted by atomic mass is 31.0. The lowest BCUT2D eigenvalue weighted by Gasteiger charge is -2.06. The zero-order chi connectivity index (χ0) is 15.7. The highest BCUT2D eigenvalue weighted by molar-refractivity contribution is 7.27. The van der Waals surface area contributed by atoms with Crippen molar-refractivity contribution in [1.29, 1.82) is 0 Å². The number of nitrogens with one attached hydrogen (secondary N) is 1. The van der Waals surface area contributed by atoms with E-state index in [2.05, 4.69) is 50.0 Å². The maximum atomic E-state index is 12.0. The molecule has 1 atom stereocenters. The number of rotatable bonds is 4. The fourth-order valence-electron chi connectivity index (χ4n) is 2.67. The Bertz CT molecular complexity index is 864. The number of H-pyrrole nitrogens is 1. The Kier molecular flexibility index (Phi) is 4.12. The van der Waals surface area contributed by atoms with E-state index in [1.54, 1.807) is 0 Å². The average molecular weight is 313 g/mol. The quantitative estimate of drug-likeness (QED) is 0.752. The van der Waals surface area contributed by atoms with Crippen molar-refractivity contribution in [2.45, 2.75) is 26.8 Å². The molecule has 0 spiro atoms. The molecule has 1 unspecified atom stereocenters. The number of hydrogen-bond acceptors (Lipinski definition) is 2. The van der Waals surface area contributed by atoms with E-state index in [1.165, 1.54) is 10.9 Å². The van der Waals surface area contributed by atoms with Gasteiger partial charge in [0.1, 0.15) is 0 Å². The molecule has 22 heavy (non-hydrogen) atoms. The first-order valence-corrected chi connectivity index (χ1v) is 8.02. The summed E-state index contributed by atoms with van der Waals surface area (Å²) in [5, 5.41) is 9.69. The van der Waals surface area contributed by atoms with Gasteiger partial charge in [0.2, 0.25) is 0 Å². The van der Waals surface area contributed by atoms with E-state index in [0.29, 0.717) is 11.3 Å². The molecule has 1 N–H and O–H groups in total. The van der Waals surface area contributed by atoms with E-state index in [0.717, 1.165) is 24.0 Å². The third-order valence-electron chi connectivity index (χ3n) is 3.74. The third-order valence-corrected chi connectivity index (χ3v) is 4.30. The average Bonchev–Trinajstić information content (AvgIpc) is 2.89. The van der Waals surface area contributed by atoms with Crippen molar-refractivity contribution in [2.24, 2.45) is 5.92 Å². The molecule has 4 nitrogen and oxygen atoms in total. The Morgan fingerprint density at radius 1 is 1.23 bits per heavy atom. The lowest BCUT2D eigenvalue weighted by Crippen LogP contribution is -2.11. The number of fused-ring (bicyclic) bond motifs is 1. The number of hydrogen-bond donors (Lipinski definition) is 1. The van der Waals surface area contributed by atoms with Crippen molar-refractivity contribution in [1.82, 2.24) is 14.8 Å². The van der Waals surface area contributed by atoms with E-state index in [1.807, 2.05) is 24.5 Å². The topological polar surface area (TPSA) is 50.7 Å². The second kappa shape index (κ2) is 6.05. The van der Waals surface area contributed by atoms with E-state index in [4.69, 9.17) is 0 Å². The van der Waals surface area contributed by atoms with Crippen LogP contribution in [0.2, 0.25) is 0 Å². The molecule has 1 aromatic carbocycles. The van der Waals surface area contributed by atoms with Crippen LogP contribution in [0.1, 0.15) is 25.1 Å². The largest absolute Gasteiger partial charge is 0.348 e. The smallest absolute Gasteiger partial charge is 0.273 e. The van der Waals surface area contributed by atoms with Gasteiger partial charge in [0, 0.05) is 24.3 Å². The van der Waals surface area contributed by atoms with E-state index < -0.39 is 0 Å². The van der Waals surface area contributed by atoms with Crippen LogP contribution in [0.3, 0.4) is 0 Å². The first-order chi connectivity index (χ1) is 10.5. The molecule has 2 heterocycles. The van der Waals surface area contributed by atoms with Crippen LogP contribution in [0, 0.1) is 5.92 Å². The fraction of sp³-hybridized carbons (Fsp3) is 0.294. The van der Waals surface area contributed by atoms with Crippen LogP contribution in [-0.4, -0.2) is 14.8 Å². The van der Waals surface area contributed by atoms with Crippen LogP contribution in [0.4, 0.5) is 0 Å². The number of aromatic amines is 1. The van der Waals surface area contributed by atoms with Gasteiger partial charge in [0.05, 0.1) is 11.1 Å². The summed E-state index contributed by atoms with van der Waals surface area (Å²) in [6.07, 6.45) is 4.81. The van der Waals surface area contributed by atoms with Gasteiger partial charge in [-0.3, -0.25) is 4.79 Å². The molecule has 5 heteroatoms. The van der Waals surface area contributed by atoms with Crippen LogP contribution in [0.15, 0.2) is 41.5 Å². The second-order valence-corrected chi connectivity index (χ2v) is 6.68.